The summed E-state index contributed by atoms with van der Waals surface area (Å²) in [5, 5.41) is 35.6. The van der Waals surface area contributed by atoms with Crippen LogP contribution in [0.1, 0.15) is 517 Å². The van der Waals surface area contributed by atoms with Crippen molar-refractivity contribution in [1.29, 1.82) is 0 Å². The van der Waals surface area contributed by atoms with E-state index < -0.39 is 0 Å². The fourth-order valence-electron chi connectivity index (χ4n) is 11.4. The van der Waals surface area contributed by atoms with Crippen LogP contribution >= 0.6 is 0 Å². The van der Waals surface area contributed by atoms with E-state index in [0.29, 0.717) is 66.1 Å². The molecule has 119 heavy (non-hydrogen) atoms. The summed E-state index contributed by atoms with van der Waals surface area (Å²) in [6.45, 7) is 45.1. The number of hydrogen-bond acceptors (Lipinski definition) is 24. The predicted molar refractivity (Wildman–Crippen MR) is 486 cm³/mol. The highest BCUT2D eigenvalue weighted by Crippen LogP contribution is 2.24. The van der Waals surface area contributed by atoms with Gasteiger partial charge in [0.15, 0.2) is 0 Å². The summed E-state index contributed by atoms with van der Waals surface area (Å²) in [4.78, 5) is 75.3. The molecular formula is C95H206O24. The number of unbranched alkanes of at least 4 members (excludes halogenated alkanes) is 49. The van der Waals surface area contributed by atoms with Crippen LogP contribution in [-0.2, 0) is 119 Å². The van der Waals surface area contributed by atoms with E-state index in [0.717, 1.165) is 51.4 Å². The molecule has 0 aromatic rings. The summed E-state index contributed by atoms with van der Waals surface area (Å²) in [6, 6.07) is 0. The zero-order chi connectivity index (χ0) is 90.0. The first-order valence-corrected chi connectivity index (χ1v) is 49.1. The standard InChI is InChI=1S/C16H34O3.C15H32O3.C14H30O3.C12H26O3.C11H24O3.C10H22O3.C9H20O3.C8H18O3/c1-5-6-7-8-9-10-11-12-13-14-15-16(2,3)18-19-17-4;1-5-6-7-8-9-10-11-12-13-14-15(2,3)17-18-16-4;1-5-6-7-8-9-10-11-12-13-14(2,3)16-17-15-4;1-3-5-6-7-8-9-10-11-12-14-15-13-4-2;1-3-5-6-7-8-9-10-11-13-14-12-4-2;1-3-5-6-7-8-9-10-12-13-11-4-2;1-3-5-6-7-8-9-11-12-10-4-2;1-3-5-6-7-8-10-11-9-4-2/h5-15H2,1-4H3;5-14H2,1-4H3;5-13H2,1-4H3;3-12H2,1-2H3;3-11H2,1-2H3;3-10H2,1-2H3;3-9H2,1-2H3;3-8H2,1-2H3. The highest BCUT2D eigenvalue weighted by molar-refractivity contribution is 4.68. The largest absolute Gasteiger partial charge is 0.210 e. The van der Waals surface area contributed by atoms with Crippen LogP contribution in [0.25, 0.3) is 0 Å². The molecule has 24 nitrogen and oxygen atoms in total. The topological polar surface area (TPSA) is 222 Å². The first kappa shape index (κ1) is 134. The summed E-state index contributed by atoms with van der Waals surface area (Å²) in [7, 11) is 4.36. The Morgan fingerprint density at radius 1 is 0.143 bits per heavy atom. The molecule has 0 amide bonds. The van der Waals surface area contributed by atoms with Gasteiger partial charge < -0.3 is 0 Å². The van der Waals surface area contributed by atoms with E-state index in [1.165, 1.54) is 355 Å². The van der Waals surface area contributed by atoms with Gasteiger partial charge in [-0.25, -0.2) is 78.2 Å². The normalized spacial score (nSPS) is 11.2. The van der Waals surface area contributed by atoms with Gasteiger partial charge in [0.05, 0.1) is 87.4 Å². The van der Waals surface area contributed by atoms with Crippen molar-refractivity contribution in [3.05, 3.63) is 0 Å². The second-order valence-electron chi connectivity index (χ2n) is 32.3. The van der Waals surface area contributed by atoms with Crippen LogP contribution < -0.4 is 0 Å². The molecule has 0 saturated carbocycles. The van der Waals surface area contributed by atoms with Crippen molar-refractivity contribution in [2.75, 3.05) is 87.4 Å². The van der Waals surface area contributed by atoms with E-state index in [9.17, 15) is 0 Å². The maximum Gasteiger partial charge on any atom is 0.101 e. The van der Waals surface area contributed by atoms with Gasteiger partial charge in [-0.1, -0.05) is 430 Å². The lowest BCUT2D eigenvalue weighted by atomic mass is 9.99. The van der Waals surface area contributed by atoms with Gasteiger partial charge in [0.25, 0.3) is 0 Å². The smallest absolute Gasteiger partial charge is 0.101 e. The quantitative estimate of drug-likeness (QED) is 0.0314. The molecule has 0 heterocycles. The van der Waals surface area contributed by atoms with Crippen molar-refractivity contribution in [1.82, 2.24) is 0 Å². The molecule has 0 fully saturated rings. The molecule has 0 N–H and O–H groups in total. The fourth-order valence-corrected chi connectivity index (χ4v) is 11.4. The van der Waals surface area contributed by atoms with E-state index in [4.69, 9.17) is 39.1 Å². The van der Waals surface area contributed by atoms with Gasteiger partial charge in [0, 0.05) is 0 Å². The average molecular weight is 1730 g/mol. The molecule has 0 radical (unpaired) electrons. The molecule has 0 aliphatic carbocycles. The van der Waals surface area contributed by atoms with Crippen molar-refractivity contribution < 1.29 is 119 Å². The van der Waals surface area contributed by atoms with Gasteiger partial charge in [-0.05, 0) is 128 Å². The molecule has 0 spiro atoms. The highest BCUT2D eigenvalue weighted by Gasteiger charge is 2.22. The maximum atomic E-state index is 5.14. The van der Waals surface area contributed by atoms with Crippen LogP contribution in [0, 0.1) is 0 Å². The highest BCUT2D eigenvalue weighted by atomic mass is 17.5. The minimum absolute atomic E-state index is 0.252. The van der Waals surface area contributed by atoms with Crippen molar-refractivity contribution in [2.45, 2.75) is 534 Å². The molecule has 0 aliphatic rings. The van der Waals surface area contributed by atoms with Gasteiger partial charge in [0.2, 0.25) is 0 Å². The molecule has 0 unspecified atom stereocenters. The molecule has 24 heteroatoms. The lowest BCUT2D eigenvalue weighted by Crippen LogP contribution is -2.24. The van der Waals surface area contributed by atoms with Gasteiger partial charge >= 0.3 is 0 Å². The minimum Gasteiger partial charge on any atom is -0.210 e. The molecular weight excluding hydrogens is 1530 g/mol. The molecule has 0 bridgehead atoms. The Labute approximate surface area is 736 Å². The lowest BCUT2D eigenvalue weighted by molar-refractivity contribution is -0.532. The second-order valence-corrected chi connectivity index (χ2v) is 32.3. The Bertz CT molecular complexity index is 1550. The lowest BCUT2D eigenvalue weighted by Gasteiger charge is -2.21. The van der Waals surface area contributed by atoms with Crippen LogP contribution in [0.15, 0.2) is 0 Å². The Morgan fingerprint density at radius 3 is 0.403 bits per heavy atom. The van der Waals surface area contributed by atoms with Crippen LogP contribution in [0.2, 0.25) is 0 Å². The number of hydrogen-bond donors (Lipinski definition) is 0. The average Bonchev–Trinajstić information content (AvgIpc) is 0.956. The third kappa shape index (κ3) is 155. The van der Waals surface area contributed by atoms with E-state index >= 15 is 0 Å². The Balaban J connectivity index is -0.000000198. The van der Waals surface area contributed by atoms with Crippen molar-refractivity contribution >= 4 is 0 Å². The molecule has 0 aromatic heterocycles. The monoisotopic (exact) mass is 1730 g/mol. The van der Waals surface area contributed by atoms with Crippen molar-refractivity contribution in [3.63, 3.8) is 0 Å². The maximum absolute atomic E-state index is 5.14. The van der Waals surface area contributed by atoms with E-state index in [-0.39, 0.29) is 16.8 Å². The summed E-state index contributed by atoms with van der Waals surface area (Å²) in [5.74, 6) is 0. The molecule has 0 saturated heterocycles. The predicted octanol–water partition coefficient (Wildman–Crippen LogP) is 31.8. The molecule has 0 rings (SSSR count). The number of rotatable bonds is 89. The zero-order valence-corrected chi connectivity index (χ0v) is 82.8. The molecule has 0 aliphatic heterocycles. The van der Waals surface area contributed by atoms with E-state index in [1.54, 1.807) is 0 Å². The van der Waals surface area contributed by atoms with Gasteiger partial charge in [-0.2, -0.15) is 0 Å². The zero-order valence-electron chi connectivity index (χ0n) is 82.8. The molecule has 730 valence electrons. The van der Waals surface area contributed by atoms with Crippen LogP contribution in [0.3, 0.4) is 0 Å². The second kappa shape index (κ2) is 128. The Morgan fingerprint density at radius 2 is 0.269 bits per heavy atom. The minimum atomic E-state index is -0.254. The summed E-state index contributed by atoms with van der Waals surface area (Å²) in [6.07, 6.45) is 77.2. The van der Waals surface area contributed by atoms with Gasteiger partial charge in [0.1, 0.15) is 16.8 Å². The van der Waals surface area contributed by atoms with Crippen molar-refractivity contribution in [3.8, 4) is 0 Å². The Kier molecular flexibility index (Phi) is 143. The van der Waals surface area contributed by atoms with Crippen LogP contribution in [0.5, 0.6) is 0 Å². The first-order chi connectivity index (χ1) is 57.9. The third-order valence-electron chi connectivity index (χ3n) is 18.6. The van der Waals surface area contributed by atoms with Crippen molar-refractivity contribution in [2.24, 2.45) is 0 Å². The first-order valence-electron chi connectivity index (χ1n) is 49.1. The summed E-state index contributed by atoms with van der Waals surface area (Å²) < 4.78 is 0. The van der Waals surface area contributed by atoms with E-state index in [1.807, 2.05) is 76.2 Å². The van der Waals surface area contributed by atoms with Gasteiger partial charge in [-0.15, -0.1) is 0 Å². The van der Waals surface area contributed by atoms with Gasteiger partial charge in [-0.3, -0.25) is 0 Å². The summed E-state index contributed by atoms with van der Waals surface area (Å²) in [5.41, 5.74) is -0.758. The Hall–Kier alpha value is -0.960. The van der Waals surface area contributed by atoms with Crippen LogP contribution in [0.4, 0.5) is 0 Å². The molecule has 0 atom stereocenters. The summed E-state index contributed by atoms with van der Waals surface area (Å²) >= 11 is 0. The third-order valence-corrected chi connectivity index (χ3v) is 18.6. The van der Waals surface area contributed by atoms with Crippen LogP contribution in [-0.4, -0.2) is 104 Å². The fraction of sp³-hybridized carbons (Fsp3) is 1.00. The SMILES string of the molecule is CCCCCCCCCCC(C)(C)OOOC.CCCCCCCCCCCC(C)(C)OOOC.CCCCCCCCCCCCC(C)(C)OOOC.CCCCCCCCCCOOOCC.CCCCCCCCCOOOCC.CCCCCCCCOOOCC.CCCCCCCOOOCC.CCCCCCOOOCC. The molecule has 0 aromatic carbocycles. The van der Waals surface area contributed by atoms with E-state index in [2.05, 4.69) is 135 Å².